The highest BCUT2D eigenvalue weighted by atomic mass is 127. The zero-order valence-corrected chi connectivity index (χ0v) is 20.3. The van der Waals surface area contributed by atoms with Gasteiger partial charge in [0, 0.05) is 45.4 Å². The van der Waals surface area contributed by atoms with Gasteiger partial charge in [0.1, 0.15) is 0 Å². The summed E-state index contributed by atoms with van der Waals surface area (Å²) < 4.78 is 11.1. The number of likely N-dealkylation sites (tertiary alicyclic amines) is 1. The first-order valence-corrected chi connectivity index (χ1v) is 10.3. The third-order valence-electron chi connectivity index (χ3n) is 5.10. The number of hydrogen-bond acceptors (Lipinski definition) is 3. The van der Waals surface area contributed by atoms with Crippen molar-refractivity contribution >= 4 is 29.9 Å². The second-order valence-corrected chi connectivity index (χ2v) is 7.82. The summed E-state index contributed by atoms with van der Waals surface area (Å²) in [6, 6.07) is 10.6. The minimum atomic E-state index is 0. The molecule has 160 valence electrons. The number of aliphatic imine (C=N–C) groups is 1. The molecule has 28 heavy (non-hydrogen) atoms. The van der Waals surface area contributed by atoms with E-state index in [0.29, 0.717) is 6.10 Å². The highest BCUT2D eigenvalue weighted by molar-refractivity contribution is 14.0. The molecule has 1 heterocycles. The van der Waals surface area contributed by atoms with Crippen LogP contribution in [-0.4, -0.2) is 63.5 Å². The molecule has 0 aromatic heterocycles. The zero-order valence-electron chi connectivity index (χ0n) is 17.9. The number of rotatable bonds is 9. The van der Waals surface area contributed by atoms with Crippen molar-refractivity contribution in [3.05, 3.63) is 35.9 Å². The molecule has 0 aliphatic carbocycles. The number of guanidine groups is 1. The van der Waals surface area contributed by atoms with E-state index in [1.807, 2.05) is 0 Å². The van der Waals surface area contributed by atoms with Crippen LogP contribution < -0.4 is 5.32 Å². The van der Waals surface area contributed by atoms with Gasteiger partial charge in [-0.25, -0.2) is 0 Å². The molecule has 6 heteroatoms. The van der Waals surface area contributed by atoms with Gasteiger partial charge >= 0.3 is 0 Å². The molecule has 1 aromatic rings. The second-order valence-electron chi connectivity index (χ2n) is 7.82. The molecule has 0 radical (unpaired) electrons. The summed E-state index contributed by atoms with van der Waals surface area (Å²) in [7, 11) is 1.74. The normalized spacial score (nSPS) is 16.0. The Bertz CT molecular complexity index is 558. The lowest BCUT2D eigenvalue weighted by molar-refractivity contribution is 0.00989. The lowest BCUT2D eigenvalue weighted by Crippen LogP contribution is -2.47. The van der Waals surface area contributed by atoms with Crippen LogP contribution in [0.25, 0.3) is 0 Å². The molecule has 0 saturated carbocycles. The Morgan fingerprint density at radius 3 is 2.46 bits per heavy atom. The van der Waals surface area contributed by atoms with Crippen molar-refractivity contribution in [1.82, 2.24) is 10.2 Å². The number of ether oxygens (including phenoxy) is 2. The molecule has 5 nitrogen and oxygen atoms in total. The topological polar surface area (TPSA) is 46.1 Å². The lowest BCUT2D eigenvalue weighted by atomic mass is 9.85. The number of methoxy groups -OCH3 is 1. The molecule has 1 N–H and O–H groups in total. The maximum atomic E-state index is 5.98. The van der Waals surface area contributed by atoms with E-state index in [2.05, 4.69) is 61.3 Å². The minimum absolute atomic E-state index is 0. The quantitative estimate of drug-likeness (QED) is 0.239. The highest BCUT2D eigenvalue weighted by Gasteiger charge is 2.24. The van der Waals surface area contributed by atoms with Crippen LogP contribution in [0.15, 0.2) is 35.3 Å². The van der Waals surface area contributed by atoms with Crippen LogP contribution in [0.4, 0.5) is 0 Å². The standard InChI is InChI=1S/C22H37N3O2.HI/c1-5-23-21(24-18-22(2,3)19-10-7-6-8-11-19)25-14-12-20(13-15-25)27-17-9-16-26-4;/h6-8,10-11,20H,5,9,12-18H2,1-4H3,(H,23,24);1H. The van der Waals surface area contributed by atoms with Crippen molar-refractivity contribution in [3.8, 4) is 0 Å². The molecular weight excluding hydrogens is 465 g/mol. The number of hydrogen-bond donors (Lipinski definition) is 1. The van der Waals surface area contributed by atoms with E-state index in [-0.39, 0.29) is 29.4 Å². The van der Waals surface area contributed by atoms with E-state index < -0.39 is 0 Å². The molecule has 1 aromatic carbocycles. The van der Waals surface area contributed by atoms with E-state index in [9.17, 15) is 0 Å². The van der Waals surface area contributed by atoms with Crippen LogP contribution in [0.5, 0.6) is 0 Å². The smallest absolute Gasteiger partial charge is 0.193 e. The van der Waals surface area contributed by atoms with Crippen molar-refractivity contribution in [1.29, 1.82) is 0 Å². The Kier molecular flexibility index (Phi) is 12.0. The van der Waals surface area contributed by atoms with E-state index in [1.165, 1.54) is 5.56 Å². The van der Waals surface area contributed by atoms with Gasteiger partial charge in [-0.15, -0.1) is 24.0 Å². The molecule has 1 aliphatic rings. The van der Waals surface area contributed by atoms with Crippen molar-refractivity contribution in [3.63, 3.8) is 0 Å². The average Bonchev–Trinajstić information content (AvgIpc) is 2.70. The summed E-state index contributed by atoms with van der Waals surface area (Å²) in [6.07, 6.45) is 3.44. The van der Waals surface area contributed by atoms with Gasteiger partial charge in [0.25, 0.3) is 0 Å². The summed E-state index contributed by atoms with van der Waals surface area (Å²) in [6.45, 7) is 11.9. The summed E-state index contributed by atoms with van der Waals surface area (Å²) in [5, 5.41) is 3.47. The predicted octanol–water partition coefficient (Wildman–Crippen LogP) is 4.07. The third kappa shape index (κ3) is 8.25. The molecule has 0 spiro atoms. The molecule has 0 amide bonds. The van der Waals surface area contributed by atoms with Crippen molar-refractivity contribution in [2.75, 3.05) is 46.5 Å². The summed E-state index contributed by atoms with van der Waals surface area (Å²) in [5.74, 6) is 1.03. The van der Waals surface area contributed by atoms with Gasteiger partial charge in [-0.1, -0.05) is 44.2 Å². The van der Waals surface area contributed by atoms with E-state index in [4.69, 9.17) is 14.5 Å². The molecule has 1 aliphatic heterocycles. The largest absolute Gasteiger partial charge is 0.385 e. The Morgan fingerprint density at radius 1 is 1.18 bits per heavy atom. The van der Waals surface area contributed by atoms with Crippen LogP contribution in [0.3, 0.4) is 0 Å². The molecule has 0 unspecified atom stereocenters. The monoisotopic (exact) mass is 503 g/mol. The lowest BCUT2D eigenvalue weighted by Gasteiger charge is -2.35. The van der Waals surface area contributed by atoms with E-state index in [1.54, 1.807) is 7.11 Å². The third-order valence-corrected chi connectivity index (χ3v) is 5.10. The van der Waals surface area contributed by atoms with Crippen LogP contribution in [0.2, 0.25) is 0 Å². The van der Waals surface area contributed by atoms with Gasteiger partial charge in [-0.3, -0.25) is 4.99 Å². The number of halogens is 1. The van der Waals surface area contributed by atoms with Gasteiger partial charge in [-0.2, -0.15) is 0 Å². The maximum Gasteiger partial charge on any atom is 0.193 e. The number of benzene rings is 1. The highest BCUT2D eigenvalue weighted by Crippen LogP contribution is 2.23. The van der Waals surface area contributed by atoms with Gasteiger partial charge < -0.3 is 19.7 Å². The van der Waals surface area contributed by atoms with Crippen LogP contribution in [0, 0.1) is 0 Å². The molecular formula is C22H38IN3O2. The second kappa shape index (κ2) is 13.4. The fraction of sp³-hybridized carbons (Fsp3) is 0.682. The number of nitrogens with zero attached hydrogens (tertiary/aromatic N) is 2. The van der Waals surface area contributed by atoms with Crippen molar-refractivity contribution < 1.29 is 9.47 Å². The first-order valence-electron chi connectivity index (χ1n) is 10.3. The van der Waals surface area contributed by atoms with Crippen molar-refractivity contribution in [2.24, 2.45) is 4.99 Å². The van der Waals surface area contributed by atoms with Crippen LogP contribution in [0.1, 0.15) is 45.6 Å². The van der Waals surface area contributed by atoms with Crippen LogP contribution >= 0.6 is 24.0 Å². The maximum absolute atomic E-state index is 5.98. The number of nitrogens with one attached hydrogen (secondary N) is 1. The Balaban J connectivity index is 0.00000392. The fourth-order valence-electron chi connectivity index (χ4n) is 3.37. The first kappa shape index (κ1) is 25.2. The molecule has 0 bridgehead atoms. The first-order chi connectivity index (χ1) is 13.1. The summed E-state index contributed by atoms with van der Waals surface area (Å²) in [5.41, 5.74) is 1.35. The van der Waals surface area contributed by atoms with Crippen LogP contribution in [-0.2, 0) is 14.9 Å². The molecule has 1 saturated heterocycles. The zero-order chi connectivity index (χ0) is 19.5. The molecule has 0 atom stereocenters. The summed E-state index contributed by atoms with van der Waals surface area (Å²) in [4.78, 5) is 7.35. The fourth-order valence-corrected chi connectivity index (χ4v) is 3.37. The van der Waals surface area contributed by atoms with Crippen molar-refractivity contribution in [2.45, 2.75) is 51.6 Å². The average molecular weight is 503 g/mol. The molecule has 2 rings (SSSR count). The van der Waals surface area contributed by atoms with Gasteiger partial charge in [0.2, 0.25) is 0 Å². The minimum Gasteiger partial charge on any atom is -0.385 e. The Labute approximate surface area is 188 Å². The van der Waals surface area contributed by atoms with Gasteiger partial charge in [0.05, 0.1) is 12.6 Å². The van der Waals surface area contributed by atoms with E-state index in [0.717, 1.165) is 64.6 Å². The molecule has 1 fully saturated rings. The van der Waals surface area contributed by atoms with Gasteiger partial charge in [-0.05, 0) is 31.7 Å². The van der Waals surface area contributed by atoms with E-state index >= 15 is 0 Å². The van der Waals surface area contributed by atoms with Gasteiger partial charge in [0.15, 0.2) is 5.96 Å². The SMILES string of the molecule is CCNC(=NCC(C)(C)c1ccccc1)N1CCC(OCCCOC)CC1.I. The Hall–Kier alpha value is -0.860. The Morgan fingerprint density at radius 2 is 1.86 bits per heavy atom. The predicted molar refractivity (Wildman–Crippen MR) is 128 cm³/mol. The summed E-state index contributed by atoms with van der Waals surface area (Å²) >= 11 is 0. The number of piperidine rings is 1.